The topological polar surface area (TPSA) is 118 Å². The van der Waals surface area contributed by atoms with Crippen LogP contribution in [-0.4, -0.2) is 41.8 Å². The fourth-order valence-electron chi connectivity index (χ4n) is 3.31. The number of aromatic nitrogens is 5. The Hall–Kier alpha value is -3.85. The number of pyridine rings is 3. The van der Waals surface area contributed by atoms with E-state index in [1.807, 2.05) is 39.0 Å². The highest BCUT2D eigenvalue weighted by molar-refractivity contribution is 5.93. The van der Waals surface area contributed by atoms with Gasteiger partial charge in [0, 0.05) is 42.4 Å². The summed E-state index contributed by atoms with van der Waals surface area (Å²) in [4.78, 5) is 30.6. The Morgan fingerprint density at radius 3 is 2.53 bits per heavy atom. The highest BCUT2D eigenvalue weighted by Gasteiger charge is 2.17. The standard InChI is InChI=1S/C23H25N7O2/c1-23(2,3)29-21-19-15(6-10-30(11-12-31)22(19)32)13-18(28-21)27-17-14-16(5-9-24-17)20-25-7-4-8-26-20/h4-10,13-14,31H,11-12H2,1-3H3,(H2,24,27,28,29). The summed E-state index contributed by atoms with van der Waals surface area (Å²) in [7, 11) is 0. The van der Waals surface area contributed by atoms with Crippen molar-refractivity contribution in [2.24, 2.45) is 0 Å². The van der Waals surface area contributed by atoms with Crippen LogP contribution in [-0.2, 0) is 6.54 Å². The third-order valence-corrected chi connectivity index (χ3v) is 4.63. The van der Waals surface area contributed by atoms with E-state index in [1.54, 1.807) is 36.9 Å². The van der Waals surface area contributed by atoms with E-state index in [0.29, 0.717) is 28.7 Å². The number of nitrogens with one attached hydrogen (secondary N) is 2. The molecule has 164 valence electrons. The number of rotatable bonds is 6. The van der Waals surface area contributed by atoms with Gasteiger partial charge in [0.05, 0.1) is 12.0 Å². The molecule has 9 nitrogen and oxygen atoms in total. The minimum Gasteiger partial charge on any atom is -0.395 e. The lowest BCUT2D eigenvalue weighted by Crippen LogP contribution is -2.29. The van der Waals surface area contributed by atoms with Crippen LogP contribution in [0.5, 0.6) is 0 Å². The van der Waals surface area contributed by atoms with Crippen LogP contribution in [0.4, 0.5) is 17.5 Å². The van der Waals surface area contributed by atoms with Crippen LogP contribution in [0.2, 0.25) is 0 Å². The molecule has 0 amide bonds. The molecule has 0 aliphatic carbocycles. The summed E-state index contributed by atoms with van der Waals surface area (Å²) in [5.74, 6) is 2.20. The average molecular weight is 432 g/mol. The molecule has 0 radical (unpaired) electrons. The summed E-state index contributed by atoms with van der Waals surface area (Å²) in [6, 6.07) is 9.10. The van der Waals surface area contributed by atoms with Crippen molar-refractivity contribution in [3.63, 3.8) is 0 Å². The third-order valence-electron chi connectivity index (χ3n) is 4.63. The van der Waals surface area contributed by atoms with Gasteiger partial charge >= 0.3 is 0 Å². The van der Waals surface area contributed by atoms with Crippen LogP contribution in [0.15, 0.2) is 59.9 Å². The van der Waals surface area contributed by atoms with E-state index >= 15 is 0 Å². The second-order valence-electron chi connectivity index (χ2n) is 8.36. The number of nitrogens with zero attached hydrogens (tertiary/aromatic N) is 5. The number of anilines is 3. The van der Waals surface area contributed by atoms with E-state index < -0.39 is 0 Å². The molecule has 0 bridgehead atoms. The number of hydrogen-bond donors (Lipinski definition) is 3. The number of aliphatic hydroxyl groups excluding tert-OH is 1. The van der Waals surface area contributed by atoms with Crippen molar-refractivity contribution < 1.29 is 5.11 Å². The molecule has 0 unspecified atom stereocenters. The van der Waals surface area contributed by atoms with Crippen molar-refractivity contribution in [3.05, 3.63) is 65.5 Å². The zero-order valence-electron chi connectivity index (χ0n) is 18.2. The maximum Gasteiger partial charge on any atom is 0.262 e. The van der Waals surface area contributed by atoms with E-state index in [1.165, 1.54) is 4.57 Å². The third kappa shape index (κ3) is 4.73. The monoisotopic (exact) mass is 431 g/mol. The van der Waals surface area contributed by atoms with Crippen molar-refractivity contribution in [3.8, 4) is 11.4 Å². The van der Waals surface area contributed by atoms with E-state index in [0.717, 1.165) is 10.9 Å². The van der Waals surface area contributed by atoms with Crippen LogP contribution in [0.1, 0.15) is 20.8 Å². The summed E-state index contributed by atoms with van der Waals surface area (Å²) in [6.45, 7) is 6.11. The minimum atomic E-state index is -0.314. The van der Waals surface area contributed by atoms with Gasteiger partial charge in [0.1, 0.15) is 17.5 Å². The van der Waals surface area contributed by atoms with Gasteiger partial charge in [0.2, 0.25) is 0 Å². The molecule has 4 rings (SSSR count). The lowest BCUT2D eigenvalue weighted by atomic mass is 10.1. The maximum absolute atomic E-state index is 13.0. The van der Waals surface area contributed by atoms with E-state index in [2.05, 4.69) is 30.6 Å². The van der Waals surface area contributed by atoms with Gasteiger partial charge in [-0.15, -0.1) is 0 Å². The lowest BCUT2D eigenvalue weighted by Gasteiger charge is -2.23. The Labute approximate surface area is 185 Å². The van der Waals surface area contributed by atoms with Gasteiger partial charge in [-0.3, -0.25) is 4.79 Å². The van der Waals surface area contributed by atoms with Gasteiger partial charge in [-0.1, -0.05) is 0 Å². The molecule has 3 N–H and O–H groups in total. The summed E-state index contributed by atoms with van der Waals surface area (Å²) < 4.78 is 1.48. The molecule has 4 aromatic heterocycles. The van der Waals surface area contributed by atoms with Crippen molar-refractivity contribution in [2.45, 2.75) is 32.9 Å². The summed E-state index contributed by atoms with van der Waals surface area (Å²) >= 11 is 0. The number of aliphatic hydroxyl groups is 1. The van der Waals surface area contributed by atoms with Crippen LogP contribution in [0.25, 0.3) is 22.2 Å². The summed E-state index contributed by atoms with van der Waals surface area (Å²) in [5.41, 5.74) is 0.304. The van der Waals surface area contributed by atoms with E-state index in [-0.39, 0.29) is 24.2 Å². The molecular weight excluding hydrogens is 406 g/mol. The zero-order valence-corrected chi connectivity index (χ0v) is 18.2. The van der Waals surface area contributed by atoms with Crippen molar-refractivity contribution in [1.82, 2.24) is 24.5 Å². The van der Waals surface area contributed by atoms with Crippen LogP contribution >= 0.6 is 0 Å². The Bertz CT molecular complexity index is 1300. The lowest BCUT2D eigenvalue weighted by molar-refractivity contribution is 0.274. The predicted molar refractivity (Wildman–Crippen MR) is 125 cm³/mol. The van der Waals surface area contributed by atoms with E-state index in [9.17, 15) is 9.90 Å². The zero-order chi connectivity index (χ0) is 22.7. The molecule has 0 saturated heterocycles. The van der Waals surface area contributed by atoms with Gasteiger partial charge in [0.25, 0.3) is 5.56 Å². The largest absolute Gasteiger partial charge is 0.395 e. The molecule has 0 aliphatic heterocycles. The molecule has 0 aliphatic rings. The fraction of sp³-hybridized carbons (Fsp3) is 0.261. The highest BCUT2D eigenvalue weighted by atomic mass is 16.3. The second kappa shape index (κ2) is 8.72. The predicted octanol–water partition coefficient (Wildman–Crippen LogP) is 3.19. The van der Waals surface area contributed by atoms with E-state index in [4.69, 9.17) is 0 Å². The molecule has 4 aromatic rings. The molecule has 9 heteroatoms. The SMILES string of the molecule is CC(C)(C)Nc1nc(Nc2cc(-c3ncccn3)ccn2)cc2ccn(CCO)c(=O)c12. The van der Waals surface area contributed by atoms with Crippen LogP contribution in [0, 0.1) is 0 Å². The van der Waals surface area contributed by atoms with Gasteiger partial charge in [-0.05, 0) is 56.5 Å². The first-order valence-electron chi connectivity index (χ1n) is 10.3. The van der Waals surface area contributed by atoms with Crippen molar-refractivity contribution >= 4 is 28.2 Å². The van der Waals surface area contributed by atoms with Gasteiger partial charge in [0.15, 0.2) is 5.82 Å². The first-order valence-corrected chi connectivity index (χ1v) is 10.3. The second-order valence-corrected chi connectivity index (χ2v) is 8.36. The minimum absolute atomic E-state index is 0.117. The van der Waals surface area contributed by atoms with Gasteiger partial charge < -0.3 is 20.3 Å². The van der Waals surface area contributed by atoms with Crippen LogP contribution < -0.4 is 16.2 Å². The molecule has 0 saturated carbocycles. The van der Waals surface area contributed by atoms with Crippen molar-refractivity contribution in [2.75, 3.05) is 17.2 Å². The Morgan fingerprint density at radius 1 is 1.03 bits per heavy atom. The van der Waals surface area contributed by atoms with Crippen LogP contribution in [0.3, 0.4) is 0 Å². The first kappa shape index (κ1) is 21.4. The summed E-state index contributed by atoms with van der Waals surface area (Å²) in [6.07, 6.45) is 6.73. The normalized spacial score (nSPS) is 11.5. The Kier molecular flexibility index (Phi) is 5.83. The highest BCUT2D eigenvalue weighted by Crippen LogP contribution is 2.27. The molecule has 4 heterocycles. The first-order chi connectivity index (χ1) is 15.3. The molecular formula is C23H25N7O2. The quantitative estimate of drug-likeness (QED) is 0.426. The molecule has 0 atom stereocenters. The van der Waals surface area contributed by atoms with Crippen molar-refractivity contribution in [1.29, 1.82) is 0 Å². The Morgan fingerprint density at radius 2 is 1.81 bits per heavy atom. The molecule has 0 fully saturated rings. The Balaban J connectivity index is 1.77. The number of fused-ring (bicyclic) bond motifs is 1. The fourth-order valence-corrected chi connectivity index (χ4v) is 3.31. The van der Waals surface area contributed by atoms with Gasteiger partial charge in [-0.2, -0.15) is 0 Å². The molecule has 32 heavy (non-hydrogen) atoms. The maximum atomic E-state index is 13.0. The molecule has 0 spiro atoms. The molecule has 0 aromatic carbocycles. The van der Waals surface area contributed by atoms with Gasteiger partial charge in [-0.25, -0.2) is 19.9 Å². The summed E-state index contributed by atoms with van der Waals surface area (Å²) in [5, 5.41) is 17.0. The smallest absolute Gasteiger partial charge is 0.262 e. The number of hydrogen-bond acceptors (Lipinski definition) is 8. The average Bonchev–Trinajstić information content (AvgIpc) is 2.75.